The Balaban J connectivity index is 1.61. The molecule has 0 spiro atoms. The minimum Gasteiger partial charge on any atom is -0.391 e. The van der Waals surface area contributed by atoms with Crippen LogP contribution in [0, 0.1) is 13.8 Å². The van der Waals surface area contributed by atoms with E-state index in [1.165, 1.54) is 5.56 Å². The molecule has 2 aliphatic heterocycles. The zero-order valence-corrected chi connectivity index (χ0v) is 15.5. The molecular formula is C19H26N6O. The highest BCUT2D eigenvalue weighted by molar-refractivity contribution is 5.52. The maximum atomic E-state index is 10.1. The van der Waals surface area contributed by atoms with Gasteiger partial charge < -0.3 is 14.9 Å². The van der Waals surface area contributed by atoms with Gasteiger partial charge in [-0.05, 0) is 45.2 Å². The molecule has 1 unspecified atom stereocenters. The molecule has 0 bridgehead atoms. The molecule has 4 heterocycles. The number of nitrogens with zero attached hydrogens (tertiary/aromatic N) is 6. The van der Waals surface area contributed by atoms with Gasteiger partial charge >= 0.3 is 0 Å². The van der Waals surface area contributed by atoms with Crippen LogP contribution in [0.1, 0.15) is 35.6 Å². The van der Waals surface area contributed by atoms with Crippen molar-refractivity contribution < 1.29 is 5.11 Å². The number of aromatic nitrogens is 4. The highest BCUT2D eigenvalue weighted by atomic mass is 16.3. The Morgan fingerprint density at radius 3 is 2.62 bits per heavy atom. The van der Waals surface area contributed by atoms with Gasteiger partial charge in [0.05, 0.1) is 17.5 Å². The Morgan fingerprint density at radius 1 is 1.00 bits per heavy atom. The number of fused-ring (bicyclic) bond motifs is 1. The molecule has 1 saturated heterocycles. The Hall–Kier alpha value is -2.28. The lowest BCUT2D eigenvalue weighted by atomic mass is 10.0. The Bertz CT molecular complexity index is 778. The van der Waals surface area contributed by atoms with Gasteiger partial charge in [-0.15, -0.1) is 5.10 Å². The first-order chi connectivity index (χ1) is 12.6. The third-order valence-corrected chi connectivity index (χ3v) is 5.24. The molecular weight excluding hydrogens is 328 g/mol. The average Bonchev–Trinajstić information content (AvgIpc) is 2.84. The van der Waals surface area contributed by atoms with Crippen LogP contribution < -0.4 is 9.80 Å². The lowest BCUT2D eigenvalue weighted by Crippen LogP contribution is -2.39. The van der Waals surface area contributed by atoms with Crippen molar-refractivity contribution in [3.63, 3.8) is 0 Å². The molecule has 0 aromatic carbocycles. The van der Waals surface area contributed by atoms with Crippen molar-refractivity contribution in [1.29, 1.82) is 0 Å². The molecule has 0 amide bonds. The van der Waals surface area contributed by atoms with Gasteiger partial charge in [-0.1, -0.05) is 0 Å². The topological polar surface area (TPSA) is 78.3 Å². The Morgan fingerprint density at radius 2 is 1.85 bits per heavy atom. The number of piperidine rings is 1. The summed E-state index contributed by atoms with van der Waals surface area (Å²) in [4.78, 5) is 14.0. The number of aryl methyl sites for hydroxylation is 2. The molecule has 1 N–H and O–H groups in total. The number of anilines is 2. The summed E-state index contributed by atoms with van der Waals surface area (Å²) in [5.74, 6) is 2.74. The van der Waals surface area contributed by atoms with Crippen molar-refractivity contribution in [3.05, 3.63) is 34.9 Å². The lowest BCUT2D eigenvalue weighted by molar-refractivity contribution is 0.153. The highest BCUT2D eigenvalue weighted by Crippen LogP contribution is 2.28. The molecule has 7 heteroatoms. The zero-order chi connectivity index (χ0) is 18.1. The molecule has 0 radical (unpaired) electrons. The molecule has 4 rings (SSSR count). The summed E-state index contributed by atoms with van der Waals surface area (Å²) < 4.78 is 0. The van der Waals surface area contributed by atoms with Gasteiger partial charge in [-0.25, -0.2) is 9.97 Å². The standard InChI is InChI=1S/C19H26N6O/c1-13-5-6-18(23-22-13)24-10-7-16-17(8-11-24)20-14(2)21-19(16)25-9-3-4-15(26)12-25/h5-6,15,26H,3-4,7-12H2,1-2H3. The SMILES string of the molecule is Cc1ccc(N2CCc3nc(C)nc(N4CCCC(O)C4)c3CC2)nn1. The van der Waals surface area contributed by atoms with Crippen LogP contribution >= 0.6 is 0 Å². The molecule has 138 valence electrons. The number of β-amino-alcohol motifs (C(OH)–C–C–N with tert-alkyl or cyclic N) is 1. The van der Waals surface area contributed by atoms with E-state index in [9.17, 15) is 5.11 Å². The van der Waals surface area contributed by atoms with Crippen LogP contribution in [0.4, 0.5) is 11.6 Å². The van der Waals surface area contributed by atoms with Gasteiger partial charge in [0.2, 0.25) is 0 Å². The Kier molecular flexibility index (Phi) is 4.72. The van der Waals surface area contributed by atoms with Gasteiger partial charge in [0.1, 0.15) is 11.6 Å². The normalized spacial score (nSPS) is 20.7. The van der Waals surface area contributed by atoms with E-state index in [2.05, 4.69) is 20.0 Å². The van der Waals surface area contributed by atoms with Crippen LogP contribution in [0.5, 0.6) is 0 Å². The summed E-state index contributed by atoms with van der Waals surface area (Å²) in [5, 5.41) is 18.6. The number of hydrogen-bond acceptors (Lipinski definition) is 7. The monoisotopic (exact) mass is 354 g/mol. The number of hydrogen-bond donors (Lipinski definition) is 1. The molecule has 26 heavy (non-hydrogen) atoms. The summed E-state index contributed by atoms with van der Waals surface area (Å²) in [6, 6.07) is 4.04. The summed E-state index contributed by atoms with van der Waals surface area (Å²) in [6.07, 6.45) is 3.37. The molecule has 1 atom stereocenters. The van der Waals surface area contributed by atoms with E-state index in [0.717, 1.165) is 74.2 Å². The summed E-state index contributed by atoms with van der Waals surface area (Å²) in [7, 11) is 0. The second kappa shape index (κ2) is 7.15. The van der Waals surface area contributed by atoms with Crippen LogP contribution in [0.25, 0.3) is 0 Å². The summed E-state index contributed by atoms with van der Waals surface area (Å²) >= 11 is 0. The zero-order valence-electron chi connectivity index (χ0n) is 15.5. The van der Waals surface area contributed by atoms with Gasteiger partial charge in [-0.3, -0.25) is 0 Å². The van der Waals surface area contributed by atoms with Crippen molar-refractivity contribution >= 4 is 11.6 Å². The average molecular weight is 354 g/mol. The lowest BCUT2D eigenvalue weighted by Gasteiger charge is -2.32. The van der Waals surface area contributed by atoms with Crippen molar-refractivity contribution in [1.82, 2.24) is 20.2 Å². The summed E-state index contributed by atoms with van der Waals surface area (Å²) in [6.45, 7) is 7.28. The third-order valence-electron chi connectivity index (χ3n) is 5.24. The maximum absolute atomic E-state index is 10.1. The smallest absolute Gasteiger partial charge is 0.151 e. The van der Waals surface area contributed by atoms with Crippen molar-refractivity contribution in [2.24, 2.45) is 0 Å². The van der Waals surface area contributed by atoms with Crippen LogP contribution in [-0.4, -0.2) is 57.6 Å². The van der Waals surface area contributed by atoms with Crippen molar-refractivity contribution in [3.8, 4) is 0 Å². The number of aliphatic hydroxyl groups is 1. The van der Waals surface area contributed by atoms with E-state index < -0.39 is 0 Å². The van der Waals surface area contributed by atoms with E-state index in [1.807, 2.05) is 26.0 Å². The molecule has 2 aromatic rings. The first-order valence-electron chi connectivity index (χ1n) is 9.45. The Labute approximate surface area is 154 Å². The molecule has 1 fully saturated rings. The molecule has 2 aromatic heterocycles. The van der Waals surface area contributed by atoms with E-state index in [-0.39, 0.29) is 6.10 Å². The highest BCUT2D eigenvalue weighted by Gasteiger charge is 2.26. The first-order valence-corrected chi connectivity index (χ1v) is 9.45. The van der Waals surface area contributed by atoms with Crippen LogP contribution in [0.3, 0.4) is 0 Å². The van der Waals surface area contributed by atoms with Gasteiger partial charge in [0.15, 0.2) is 5.82 Å². The fourth-order valence-corrected chi connectivity index (χ4v) is 3.90. The minimum absolute atomic E-state index is 0.264. The van der Waals surface area contributed by atoms with E-state index >= 15 is 0 Å². The molecule has 7 nitrogen and oxygen atoms in total. The van der Waals surface area contributed by atoms with Gasteiger partial charge in [-0.2, -0.15) is 5.10 Å². The van der Waals surface area contributed by atoms with Crippen LogP contribution in [-0.2, 0) is 12.8 Å². The third kappa shape index (κ3) is 3.49. The fraction of sp³-hybridized carbons (Fsp3) is 0.579. The molecule has 0 aliphatic carbocycles. The maximum Gasteiger partial charge on any atom is 0.151 e. The van der Waals surface area contributed by atoms with Crippen LogP contribution in [0.15, 0.2) is 12.1 Å². The second-order valence-electron chi connectivity index (χ2n) is 7.28. The first kappa shape index (κ1) is 17.1. The number of rotatable bonds is 2. The molecule has 0 saturated carbocycles. The van der Waals surface area contributed by atoms with Crippen molar-refractivity contribution in [2.75, 3.05) is 36.0 Å². The predicted molar refractivity (Wildman–Crippen MR) is 101 cm³/mol. The molecule has 2 aliphatic rings. The van der Waals surface area contributed by atoms with Crippen molar-refractivity contribution in [2.45, 2.75) is 45.6 Å². The second-order valence-corrected chi connectivity index (χ2v) is 7.28. The fourth-order valence-electron chi connectivity index (χ4n) is 3.90. The summed E-state index contributed by atoms with van der Waals surface area (Å²) in [5.41, 5.74) is 3.29. The van der Waals surface area contributed by atoms with E-state index in [0.29, 0.717) is 6.54 Å². The number of aliphatic hydroxyl groups excluding tert-OH is 1. The van der Waals surface area contributed by atoms with Gasteiger partial charge in [0, 0.05) is 38.2 Å². The minimum atomic E-state index is -0.264. The van der Waals surface area contributed by atoms with Gasteiger partial charge in [0.25, 0.3) is 0 Å². The van der Waals surface area contributed by atoms with E-state index in [1.54, 1.807) is 0 Å². The quantitative estimate of drug-likeness (QED) is 0.874. The van der Waals surface area contributed by atoms with Crippen LogP contribution in [0.2, 0.25) is 0 Å². The largest absolute Gasteiger partial charge is 0.391 e. The van der Waals surface area contributed by atoms with E-state index in [4.69, 9.17) is 9.97 Å². The predicted octanol–water partition coefficient (Wildman–Crippen LogP) is 1.45.